The maximum Gasteiger partial charge on any atom is 0.120 e. The SMILES string of the molecule is COCCOc1cccc(-c2cc(Cl)ccc2C)c1. The van der Waals surface area contributed by atoms with Crippen LogP contribution in [0.3, 0.4) is 0 Å². The normalized spacial score (nSPS) is 10.5. The summed E-state index contributed by atoms with van der Waals surface area (Å²) < 4.78 is 10.6. The Morgan fingerprint density at radius 1 is 1.05 bits per heavy atom. The Hall–Kier alpha value is -1.51. The van der Waals surface area contributed by atoms with Crippen molar-refractivity contribution in [1.82, 2.24) is 0 Å². The predicted molar refractivity (Wildman–Crippen MR) is 79.0 cm³/mol. The molecule has 0 aliphatic heterocycles. The van der Waals surface area contributed by atoms with E-state index in [2.05, 4.69) is 13.0 Å². The van der Waals surface area contributed by atoms with E-state index in [4.69, 9.17) is 21.1 Å². The smallest absolute Gasteiger partial charge is 0.120 e. The van der Waals surface area contributed by atoms with Gasteiger partial charge in [0.15, 0.2) is 0 Å². The first kappa shape index (κ1) is 13.9. The Labute approximate surface area is 118 Å². The van der Waals surface area contributed by atoms with E-state index in [9.17, 15) is 0 Å². The molecule has 0 aromatic heterocycles. The van der Waals surface area contributed by atoms with Crippen LogP contribution in [0.15, 0.2) is 42.5 Å². The summed E-state index contributed by atoms with van der Waals surface area (Å²) in [5.74, 6) is 0.842. The Balaban J connectivity index is 2.24. The average Bonchev–Trinajstić information content (AvgIpc) is 2.42. The van der Waals surface area contributed by atoms with Crippen LogP contribution in [-0.4, -0.2) is 20.3 Å². The Kier molecular flexibility index (Phi) is 4.83. The topological polar surface area (TPSA) is 18.5 Å². The van der Waals surface area contributed by atoms with Crippen LogP contribution in [0, 0.1) is 6.92 Å². The van der Waals surface area contributed by atoms with Gasteiger partial charge in [-0.3, -0.25) is 0 Å². The Morgan fingerprint density at radius 2 is 1.89 bits per heavy atom. The van der Waals surface area contributed by atoms with Gasteiger partial charge in [0.25, 0.3) is 0 Å². The molecule has 2 aromatic carbocycles. The summed E-state index contributed by atoms with van der Waals surface area (Å²) in [6, 6.07) is 13.9. The van der Waals surface area contributed by atoms with Gasteiger partial charge in [-0.2, -0.15) is 0 Å². The van der Waals surface area contributed by atoms with E-state index in [-0.39, 0.29) is 0 Å². The summed E-state index contributed by atoms with van der Waals surface area (Å²) in [5, 5.41) is 0.742. The van der Waals surface area contributed by atoms with Gasteiger partial charge in [0.1, 0.15) is 12.4 Å². The molecule has 0 unspecified atom stereocenters. The summed E-state index contributed by atoms with van der Waals surface area (Å²) in [6.45, 7) is 3.21. The van der Waals surface area contributed by atoms with E-state index in [1.807, 2.05) is 36.4 Å². The van der Waals surface area contributed by atoms with E-state index in [1.165, 1.54) is 5.56 Å². The van der Waals surface area contributed by atoms with Gasteiger partial charge in [-0.1, -0.05) is 29.8 Å². The molecule has 0 N–H and O–H groups in total. The molecule has 2 nitrogen and oxygen atoms in total. The van der Waals surface area contributed by atoms with Crippen LogP contribution < -0.4 is 4.74 Å². The first-order valence-corrected chi connectivity index (χ1v) is 6.57. The predicted octanol–water partition coefficient (Wildman–Crippen LogP) is 4.34. The molecule has 0 fully saturated rings. The molecule has 19 heavy (non-hydrogen) atoms. The fourth-order valence-corrected chi connectivity index (χ4v) is 2.07. The monoisotopic (exact) mass is 276 g/mol. The minimum atomic E-state index is 0.550. The Bertz CT molecular complexity index is 552. The van der Waals surface area contributed by atoms with Crippen molar-refractivity contribution in [3.05, 3.63) is 53.1 Å². The van der Waals surface area contributed by atoms with Crippen LogP contribution in [0.2, 0.25) is 5.02 Å². The highest BCUT2D eigenvalue weighted by Gasteiger charge is 2.04. The van der Waals surface area contributed by atoms with Gasteiger partial charge in [0.05, 0.1) is 6.61 Å². The van der Waals surface area contributed by atoms with E-state index in [0.29, 0.717) is 13.2 Å². The molecule has 2 aromatic rings. The molecule has 0 radical (unpaired) electrons. The maximum atomic E-state index is 6.06. The van der Waals surface area contributed by atoms with Crippen molar-refractivity contribution in [2.24, 2.45) is 0 Å². The molecule has 0 heterocycles. The number of aryl methyl sites for hydroxylation is 1. The lowest BCUT2D eigenvalue weighted by atomic mass is 10.0. The van der Waals surface area contributed by atoms with Crippen molar-refractivity contribution < 1.29 is 9.47 Å². The van der Waals surface area contributed by atoms with E-state index >= 15 is 0 Å². The van der Waals surface area contributed by atoms with Gasteiger partial charge in [0.2, 0.25) is 0 Å². The lowest BCUT2D eigenvalue weighted by Crippen LogP contribution is -2.04. The first-order chi connectivity index (χ1) is 9.20. The lowest BCUT2D eigenvalue weighted by molar-refractivity contribution is 0.146. The van der Waals surface area contributed by atoms with Gasteiger partial charge < -0.3 is 9.47 Å². The number of methoxy groups -OCH3 is 1. The second kappa shape index (κ2) is 6.60. The summed E-state index contributed by atoms with van der Waals surface area (Å²) in [4.78, 5) is 0. The average molecular weight is 277 g/mol. The van der Waals surface area contributed by atoms with Crippen LogP contribution in [0.25, 0.3) is 11.1 Å². The van der Waals surface area contributed by atoms with E-state index in [1.54, 1.807) is 7.11 Å². The molecule has 0 saturated heterocycles. The zero-order valence-corrected chi connectivity index (χ0v) is 11.9. The van der Waals surface area contributed by atoms with Crippen molar-refractivity contribution in [1.29, 1.82) is 0 Å². The number of ether oxygens (including phenoxy) is 2. The lowest BCUT2D eigenvalue weighted by Gasteiger charge is -2.10. The fourth-order valence-electron chi connectivity index (χ4n) is 1.90. The molecule has 100 valence electrons. The molecule has 0 amide bonds. The van der Waals surface area contributed by atoms with Crippen LogP contribution in [0.5, 0.6) is 5.75 Å². The summed E-state index contributed by atoms with van der Waals surface area (Å²) in [7, 11) is 1.66. The van der Waals surface area contributed by atoms with Crippen molar-refractivity contribution in [2.75, 3.05) is 20.3 Å². The third kappa shape index (κ3) is 3.72. The van der Waals surface area contributed by atoms with Gasteiger partial charge in [0, 0.05) is 12.1 Å². The third-order valence-corrected chi connectivity index (χ3v) is 3.14. The summed E-state index contributed by atoms with van der Waals surface area (Å²) in [6.07, 6.45) is 0. The van der Waals surface area contributed by atoms with Gasteiger partial charge in [-0.15, -0.1) is 0 Å². The first-order valence-electron chi connectivity index (χ1n) is 6.19. The van der Waals surface area contributed by atoms with Crippen LogP contribution in [0.4, 0.5) is 0 Å². The molecular weight excluding hydrogens is 260 g/mol. The quantitative estimate of drug-likeness (QED) is 0.756. The van der Waals surface area contributed by atoms with E-state index in [0.717, 1.165) is 21.9 Å². The molecule has 3 heteroatoms. The van der Waals surface area contributed by atoms with Gasteiger partial charge >= 0.3 is 0 Å². The second-order valence-corrected chi connectivity index (χ2v) is 4.76. The zero-order valence-electron chi connectivity index (χ0n) is 11.2. The third-order valence-electron chi connectivity index (χ3n) is 2.90. The summed E-state index contributed by atoms with van der Waals surface area (Å²) in [5.41, 5.74) is 3.43. The van der Waals surface area contributed by atoms with Crippen LogP contribution >= 0.6 is 11.6 Å². The molecule has 0 bridgehead atoms. The van der Waals surface area contributed by atoms with Gasteiger partial charge in [-0.05, 0) is 47.9 Å². The fraction of sp³-hybridized carbons (Fsp3) is 0.250. The molecule has 0 spiro atoms. The molecule has 0 atom stereocenters. The summed E-state index contributed by atoms with van der Waals surface area (Å²) >= 11 is 6.06. The molecule has 0 saturated carbocycles. The maximum absolute atomic E-state index is 6.06. The highest BCUT2D eigenvalue weighted by atomic mass is 35.5. The largest absolute Gasteiger partial charge is 0.491 e. The minimum Gasteiger partial charge on any atom is -0.491 e. The number of hydrogen-bond donors (Lipinski definition) is 0. The second-order valence-electron chi connectivity index (χ2n) is 4.33. The standard InChI is InChI=1S/C16H17ClO2/c1-12-6-7-14(17)11-16(12)13-4-3-5-15(10-13)19-9-8-18-2/h3-7,10-11H,8-9H2,1-2H3. The molecule has 2 rings (SSSR count). The number of halogens is 1. The van der Waals surface area contributed by atoms with Crippen LogP contribution in [-0.2, 0) is 4.74 Å². The van der Waals surface area contributed by atoms with Crippen molar-refractivity contribution in [3.63, 3.8) is 0 Å². The Morgan fingerprint density at radius 3 is 2.68 bits per heavy atom. The molecule has 0 aliphatic rings. The minimum absolute atomic E-state index is 0.550. The number of rotatable bonds is 5. The van der Waals surface area contributed by atoms with Crippen molar-refractivity contribution in [2.45, 2.75) is 6.92 Å². The zero-order chi connectivity index (χ0) is 13.7. The molecular formula is C16H17ClO2. The van der Waals surface area contributed by atoms with Crippen molar-refractivity contribution in [3.8, 4) is 16.9 Å². The van der Waals surface area contributed by atoms with E-state index < -0.39 is 0 Å². The van der Waals surface area contributed by atoms with Gasteiger partial charge in [-0.25, -0.2) is 0 Å². The molecule has 0 aliphatic carbocycles. The number of hydrogen-bond acceptors (Lipinski definition) is 2. The van der Waals surface area contributed by atoms with Crippen molar-refractivity contribution >= 4 is 11.6 Å². The number of benzene rings is 2. The highest BCUT2D eigenvalue weighted by Crippen LogP contribution is 2.29. The van der Waals surface area contributed by atoms with Crippen LogP contribution in [0.1, 0.15) is 5.56 Å². The highest BCUT2D eigenvalue weighted by molar-refractivity contribution is 6.30.